The van der Waals surface area contributed by atoms with Crippen LogP contribution in [0.15, 0.2) is 41.4 Å². The average Bonchev–Trinajstić information content (AvgIpc) is 2.93. The number of ether oxygens (including phenoxy) is 1. The highest BCUT2D eigenvalue weighted by atomic mass is 19.1. The molecule has 33 heavy (non-hydrogen) atoms. The topological polar surface area (TPSA) is 122 Å². The van der Waals surface area contributed by atoms with E-state index in [9.17, 15) is 18.8 Å². The number of rotatable bonds is 5. The number of nitrogens with zero attached hydrogens (tertiary/aromatic N) is 4. The molecule has 2 aliphatic rings. The molecule has 1 fully saturated rings. The highest BCUT2D eigenvalue weighted by molar-refractivity contribution is 6.30. The minimum absolute atomic E-state index is 0.147. The van der Waals surface area contributed by atoms with Crippen molar-refractivity contribution in [3.05, 3.63) is 58.9 Å². The van der Waals surface area contributed by atoms with Gasteiger partial charge in [-0.3, -0.25) is 4.99 Å². The van der Waals surface area contributed by atoms with E-state index in [1.54, 1.807) is 13.2 Å². The van der Waals surface area contributed by atoms with E-state index in [0.29, 0.717) is 28.1 Å². The van der Waals surface area contributed by atoms with Crippen molar-refractivity contribution in [1.29, 1.82) is 5.26 Å². The number of fused-ring (bicyclic) bond motifs is 1. The van der Waals surface area contributed by atoms with Gasteiger partial charge in [0.15, 0.2) is 0 Å². The molecule has 4 rings (SSSR count). The normalized spacial score (nSPS) is 15.7. The van der Waals surface area contributed by atoms with E-state index in [1.165, 1.54) is 6.07 Å². The molecule has 10 nitrogen and oxygen atoms in total. The van der Waals surface area contributed by atoms with Gasteiger partial charge in [-0.05, 0) is 36.2 Å². The first-order chi connectivity index (χ1) is 15.9. The van der Waals surface area contributed by atoms with Gasteiger partial charge in [-0.1, -0.05) is 6.07 Å². The van der Waals surface area contributed by atoms with Gasteiger partial charge in [-0.25, -0.2) is 18.8 Å². The van der Waals surface area contributed by atoms with Crippen molar-refractivity contribution >= 4 is 29.4 Å². The van der Waals surface area contributed by atoms with Crippen molar-refractivity contribution < 1.29 is 33.2 Å². The molecule has 0 unspecified atom stereocenters. The zero-order valence-electron chi connectivity index (χ0n) is 17.4. The third-order valence-electron chi connectivity index (χ3n) is 5.09. The first-order valence-electron chi connectivity index (χ1n) is 9.87. The molecule has 0 radical (unpaired) electrons. The summed E-state index contributed by atoms with van der Waals surface area (Å²) in [5, 5.41) is 9.98. The maximum atomic E-state index is 14.1. The van der Waals surface area contributed by atoms with Gasteiger partial charge in [0.2, 0.25) is 0 Å². The lowest BCUT2D eigenvalue weighted by Crippen LogP contribution is -2.42. The SMILES string of the molecule is COc1ccc2c(c1)C(CCN1OC(=O)C(=O)ON(c3ccc(C#N)c(F)c3)C1=O)=NCC2. The highest BCUT2D eigenvalue weighted by Gasteiger charge is 2.38. The van der Waals surface area contributed by atoms with Gasteiger partial charge in [0, 0.05) is 30.3 Å². The summed E-state index contributed by atoms with van der Waals surface area (Å²) < 4.78 is 19.3. The number of aliphatic imine (C=N–C) groups is 1. The number of benzene rings is 2. The monoisotopic (exact) mass is 452 g/mol. The van der Waals surface area contributed by atoms with Crippen LogP contribution in [-0.2, 0) is 25.7 Å². The van der Waals surface area contributed by atoms with Gasteiger partial charge in [0.25, 0.3) is 0 Å². The number of nitriles is 1. The largest absolute Gasteiger partial charge is 0.497 e. The van der Waals surface area contributed by atoms with Gasteiger partial charge in [0.05, 0.1) is 24.9 Å². The lowest BCUT2D eigenvalue weighted by molar-refractivity contribution is -0.182. The van der Waals surface area contributed by atoms with E-state index in [-0.39, 0.29) is 24.2 Å². The van der Waals surface area contributed by atoms with Crippen LogP contribution in [0.2, 0.25) is 0 Å². The average molecular weight is 452 g/mol. The van der Waals surface area contributed by atoms with Crippen LogP contribution in [0, 0.1) is 17.1 Å². The quantitative estimate of drug-likeness (QED) is 0.638. The Morgan fingerprint density at radius 1 is 1.15 bits per heavy atom. The smallest absolute Gasteiger partial charge is 0.444 e. The maximum absolute atomic E-state index is 14.1. The van der Waals surface area contributed by atoms with Gasteiger partial charge in [-0.2, -0.15) is 5.26 Å². The van der Waals surface area contributed by atoms with Gasteiger partial charge >= 0.3 is 18.0 Å². The van der Waals surface area contributed by atoms with Crippen LogP contribution >= 0.6 is 0 Å². The molecule has 2 heterocycles. The van der Waals surface area contributed by atoms with Crippen molar-refractivity contribution in [1.82, 2.24) is 5.06 Å². The summed E-state index contributed by atoms with van der Waals surface area (Å²) in [6.07, 6.45) is 0.948. The van der Waals surface area contributed by atoms with E-state index >= 15 is 0 Å². The summed E-state index contributed by atoms with van der Waals surface area (Å²) >= 11 is 0. The first kappa shape index (κ1) is 21.8. The molecule has 1 saturated heterocycles. The van der Waals surface area contributed by atoms with Crippen LogP contribution in [0.3, 0.4) is 0 Å². The zero-order chi connectivity index (χ0) is 23.5. The van der Waals surface area contributed by atoms with E-state index in [0.717, 1.165) is 29.7 Å². The predicted octanol–water partition coefficient (Wildman–Crippen LogP) is 2.30. The maximum Gasteiger partial charge on any atom is 0.444 e. The lowest BCUT2D eigenvalue weighted by Gasteiger charge is -2.24. The van der Waals surface area contributed by atoms with Crippen molar-refractivity contribution in [2.24, 2.45) is 4.99 Å². The summed E-state index contributed by atoms with van der Waals surface area (Å²) in [5.74, 6) is -3.15. The molecule has 2 aromatic rings. The summed E-state index contributed by atoms with van der Waals surface area (Å²) in [6.45, 7) is 0.409. The Morgan fingerprint density at radius 3 is 2.67 bits per heavy atom. The molecule has 168 valence electrons. The number of carbonyl (C=O) groups is 3. The second kappa shape index (κ2) is 8.96. The number of amides is 2. The Balaban J connectivity index is 1.57. The second-order valence-corrected chi connectivity index (χ2v) is 7.06. The minimum Gasteiger partial charge on any atom is -0.497 e. The van der Waals surface area contributed by atoms with Crippen LogP contribution in [0.5, 0.6) is 5.75 Å². The minimum atomic E-state index is -1.46. The number of methoxy groups -OCH3 is 1. The van der Waals surface area contributed by atoms with Gasteiger partial charge in [-0.15, -0.1) is 10.1 Å². The number of hydroxylamine groups is 3. The summed E-state index contributed by atoms with van der Waals surface area (Å²) in [6, 6.07) is 9.40. The first-order valence-corrected chi connectivity index (χ1v) is 9.87. The molecule has 0 spiro atoms. The fraction of sp³-hybridized carbons (Fsp3) is 0.227. The van der Waals surface area contributed by atoms with Crippen molar-refractivity contribution in [2.75, 3.05) is 25.3 Å². The fourth-order valence-electron chi connectivity index (χ4n) is 3.45. The van der Waals surface area contributed by atoms with Crippen molar-refractivity contribution in [2.45, 2.75) is 12.8 Å². The molecular weight excluding hydrogens is 435 g/mol. The number of urea groups is 1. The Labute approximate surface area is 187 Å². The lowest BCUT2D eigenvalue weighted by atomic mass is 9.95. The zero-order valence-corrected chi connectivity index (χ0v) is 17.4. The molecule has 2 amide bonds. The van der Waals surface area contributed by atoms with Gasteiger partial charge in [0.1, 0.15) is 17.6 Å². The molecule has 0 saturated carbocycles. The molecular formula is C22H17FN4O6. The third-order valence-corrected chi connectivity index (χ3v) is 5.09. The number of carbonyl (C=O) groups excluding carboxylic acids is 3. The molecule has 0 bridgehead atoms. The van der Waals surface area contributed by atoms with Crippen LogP contribution < -0.4 is 9.80 Å². The number of halogens is 1. The molecule has 0 aliphatic carbocycles. The Kier molecular flexibility index (Phi) is 5.91. The van der Waals surface area contributed by atoms with Crippen molar-refractivity contribution in [3.8, 4) is 11.8 Å². The molecule has 2 aliphatic heterocycles. The number of anilines is 1. The Hall–Kier alpha value is -4.46. The predicted molar refractivity (Wildman–Crippen MR) is 111 cm³/mol. The standard InChI is InChI=1S/C22H17FN4O6/c1-31-16-5-3-13-6-8-25-19(17(13)11-16)7-9-26-22(30)27(33-21(29)20(28)32-26)15-4-2-14(12-24)18(23)10-15/h2-5,10-11H,6-9H2,1H3. The fourth-order valence-corrected chi connectivity index (χ4v) is 3.45. The summed E-state index contributed by atoms with van der Waals surface area (Å²) in [4.78, 5) is 51.1. The second-order valence-electron chi connectivity index (χ2n) is 7.06. The van der Waals surface area contributed by atoms with E-state index in [2.05, 4.69) is 4.99 Å². The van der Waals surface area contributed by atoms with Crippen LogP contribution in [0.4, 0.5) is 14.9 Å². The molecule has 0 atom stereocenters. The van der Waals surface area contributed by atoms with E-state index in [1.807, 2.05) is 18.2 Å². The van der Waals surface area contributed by atoms with E-state index in [4.69, 9.17) is 19.7 Å². The van der Waals surface area contributed by atoms with Crippen LogP contribution in [-0.4, -0.2) is 48.9 Å². The highest BCUT2D eigenvalue weighted by Crippen LogP contribution is 2.25. The third kappa shape index (κ3) is 4.31. The van der Waals surface area contributed by atoms with E-state index < -0.39 is 23.8 Å². The number of hydrogen-bond donors (Lipinski definition) is 0. The molecule has 0 aromatic heterocycles. The molecule has 11 heteroatoms. The summed E-state index contributed by atoms with van der Waals surface area (Å²) in [5.41, 5.74) is 2.13. The van der Waals surface area contributed by atoms with Gasteiger partial charge < -0.3 is 14.4 Å². The molecule has 0 N–H and O–H groups in total. The van der Waals surface area contributed by atoms with Crippen LogP contribution in [0.1, 0.15) is 23.1 Å². The number of hydrogen-bond acceptors (Lipinski definition) is 8. The van der Waals surface area contributed by atoms with Crippen molar-refractivity contribution in [3.63, 3.8) is 0 Å². The summed E-state index contributed by atoms with van der Waals surface area (Å²) in [7, 11) is 1.55. The van der Waals surface area contributed by atoms with Crippen LogP contribution in [0.25, 0.3) is 0 Å². The Morgan fingerprint density at radius 2 is 1.94 bits per heavy atom. The molecule has 2 aromatic carbocycles. The Bertz CT molecular complexity index is 1220.